The van der Waals surface area contributed by atoms with Crippen LogP contribution in [0.4, 0.5) is 0 Å². The molecule has 0 aliphatic carbocycles. The normalized spacial score (nSPS) is 24.5. The van der Waals surface area contributed by atoms with E-state index in [-0.39, 0.29) is 23.7 Å². The molecule has 1 saturated heterocycles. The van der Waals surface area contributed by atoms with Gasteiger partial charge in [0.05, 0.1) is 15.4 Å². The fourth-order valence-electron chi connectivity index (χ4n) is 2.03. The Labute approximate surface area is 114 Å². The molecule has 5 heteroatoms. The third kappa shape index (κ3) is 2.70. The number of halogens is 1. The summed E-state index contributed by atoms with van der Waals surface area (Å²) in [6.07, 6.45) is 2.17. The van der Waals surface area contributed by atoms with Crippen LogP contribution in [0, 0.1) is 3.57 Å². The van der Waals surface area contributed by atoms with E-state index in [1.165, 1.54) is 0 Å². The number of hydrogen-bond donors (Lipinski definition) is 1. The molecular weight excluding hydrogens is 331 g/mol. The van der Waals surface area contributed by atoms with Gasteiger partial charge in [-0.15, -0.1) is 0 Å². The Hall–Kier alpha value is -0.430. The second-order valence-corrected chi connectivity index (χ2v) is 5.90. The quantitative estimate of drug-likeness (QED) is 0.837. The molecule has 0 radical (unpaired) electrons. The van der Waals surface area contributed by atoms with E-state index in [4.69, 9.17) is 4.74 Å². The third-order valence-electron chi connectivity index (χ3n) is 2.99. The molecule has 2 heterocycles. The lowest BCUT2D eigenvalue weighted by atomic mass is 10.1. The lowest BCUT2D eigenvalue weighted by Crippen LogP contribution is -2.21. The van der Waals surface area contributed by atoms with Gasteiger partial charge in [0.1, 0.15) is 11.9 Å². The van der Waals surface area contributed by atoms with E-state index in [1.54, 1.807) is 0 Å². The number of rotatable bonds is 2. The van der Waals surface area contributed by atoms with Crippen LogP contribution in [0.5, 0.6) is 0 Å². The van der Waals surface area contributed by atoms with E-state index in [1.807, 2.05) is 20.8 Å². The van der Waals surface area contributed by atoms with Crippen molar-refractivity contribution < 1.29 is 4.74 Å². The summed E-state index contributed by atoms with van der Waals surface area (Å²) in [7, 11) is 0. The van der Waals surface area contributed by atoms with Crippen molar-refractivity contribution in [1.82, 2.24) is 9.97 Å². The largest absolute Gasteiger partial charge is 0.367 e. The average Bonchev–Trinajstić information content (AvgIpc) is 2.68. The van der Waals surface area contributed by atoms with Gasteiger partial charge in [0.15, 0.2) is 0 Å². The minimum absolute atomic E-state index is 0.0489. The molecule has 0 amide bonds. The maximum absolute atomic E-state index is 11.8. The first kappa shape index (κ1) is 13.0. The lowest BCUT2D eigenvalue weighted by molar-refractivity contribution is 0.0499. The zero-order valence-corrected chi connectivity index (χ0v) is 12.4. The van der Waals surface area contributed by atoms with E-state index in [2.05, 4.69) is 32.6 Å². The van der Waals surface area contributed by atoms with Crippen LogP contribution in [-0.4, -0.2) is 16.1 Å². The van der Waals surface area contributed by atoms with Gasteiger partial charge in [0, 0.05) is 0 Å². The average molecular weight is 348 g/mol. The smallest absolute Gasteiger partial charge is 0.264 e. The van der Waals surface area contributed by atoms with Crippen LogP contribution in [0.15, 0.2) is 4.79 Å². The third-order valence-corrected chi connectivity index (χ3v) is 4.03. The lowest BCUT2D eigenvalue weighted by Gasteiger charge is -2.13. The van der Waals surface area contributed by atoms with Crippen LogP contribution < -0.4 is 5.56 Å². The van der Waals surface area contributed by atoms with Crippen LogP contribution in [0.25, 0.3) is 0 Å². The number of ether oxygens (including phenoxy) is 1. The van der Waals surface area contributed by atoms with Gasteiger partial charge >= 0.3 is 0 Å². The van der Waals surface area contributed by atoms with Crippen molar-refractivity contribution in [3.8, 4) is 0 Å². The minimum atomic E-state index is -0.0533. The second kappa shape index (κ2) is 5.06. The first-order valence-corrected chi connectivity index (χ1v) is 7.02. The molecule has 0 saturated carbocycles. The molecule has 1 aliphatic rings. The summed E-state index contributed by atoms with van der Waals surface area (Å²) in [6, 6.07) is 0. The van der Waals surface area contributed by atoms with Crippen molar-refractivity contribution in [2.24, 2.45) is 0 Å². The Morgan fingerprint density at radius 1 is 1.47 bits per heavy atom. The molecule has 17 heavy (non-hydrogen) atoms. The molecule has 2 unspecified atom stereocenters. The van der Waals surface area contributed by atoms with Gasteiger partial charge in [0.2, 0.25) is 0 Å². The summed E-state index contributed by atoms with van der Waals surface area (Å²) in [6.45, 7) is 6.14. The summed E-state index contributed by atoms with van der Waals surface area (Å²) in [5, 5.41) is 0. The van der Waals surface area contributed by atoms with Crippen molar-refractivity contribution in [2.45, 2.75) is 51.7 Å². The highest BCUT2D eigenvalue weighted by atomic mass is 127. The summed E-state index contributed by atoms with van der Waals surface area (Å²) in [4.78, 5) is 19.2. The van der Waals surface area contributed by atoms with Crippen molar-refractivity contribution in [1.29, 1.82) is 0 Å². The van der Waals surface area contributed by atoms with Gasteiger partial charge in [0.25, 0.3) is 5.56 Å². The van der Waals surface area contributed by atoms with Gasteiger partial charge < -0.3 is 9.72 Å². The van der Waals surface area contributed by atoms with E-state index < -0.39 is 0 Å². The Morgan fingerprint density at radius 2 is 2.18 bits per heavy atom. The number of nitrogens with zero attached hydrogens (tertiary/aromatic N) is 1. The molecule has 1 aromatic rings. The van der Waals surface area contributed by atoms with Crippen LogP contribution in [-0.2, 0) is 4.74 Å². The number of hydrogen-bond acceptors (Lipinski definition) is 3. The van der Waals surface area contributed by atoms with Crippen molar-refractivity contribution in [2.75, 3.05) is 0 Å². The van der Waals surface area contributed by atoms with Gasteiger partial charge in [-0.3, -0.25) is 4.79 Å². The second-order valence-electron chi connectivity index (χ2n) is 4.82. The molecule has 94 valence electrons. The van der Waals surface area contributed by atoms with Gasteiger partial charge in [-0.05, 0) is 48.3 Å². The van der Waals surface area contributed by atoms with E-state index in [0.29, 0.717) is 9.39 Å². The predicted octanol–water partition coefficient (Wildman–Crippen LogP) is 2.74. The standard InChI is InChI=1S/C12H17IN2O2/c1-6(2)10-9(13)12(16)15-11(14-10)8-5-4-7(3)17-8/h6-8H,4-5H2,1-3H3,(H,14,15,16). The molecule has 1 aliphatic heterocycles. The van der Waals surface area contributed by atoms with Crippen LogP contribution in [0.1, 0.15) is 57.2 Å². The maximum Gasteiger partial charge on any atom is 0.264 e. The number of H-pyrrole nitrogens is 1. The summed E-state index contributed by atoms with van der Waals surface area (Å²) >= 11 is 2.06. The Kier molecular flexibility index (Phi) is 3.87. The van der Waals surface area contributed by atoms with E-state index >= 15 is 0 Å². The Balaban J connectivity index is 2.39. The molecule has 1 fully saturated rings. The van der Waals surface area contributed by atoms with Crippen molar-refractivity contribution in [3.05, 3.63) is 25.4 Å². The fourth-order valence-corrected chi connectivity index (χ4v) is 2.91. The molecular formula is C12H17IN2O2. The molecule has 4 nitrogen and oxygen atoms in total. The first-order valence-electron chi connectivity index (χ1n) is 5.94. The van der Waals surface area contributed by atoms with Crippen LogP contribution in [0.3, 0.4) is 0 Å². The number of aromatic nitrogens is 2. The van der Waals surface area contributed by atoms with Gasteiger partial charge in [-0.25, -0.2) is 4.98 Å². The molecule has 2 rings (SSSR count). The topological polar surface area (TPSA) is 55.0 Å². The van der Waals surface area contributed by atoms with Crippen molar-refractivity contribution in [3.63, 3.8) is 0 Å². The molecule has 0 spiro atoms. The number of nitrogens with one attached hydrogen (secondary N) is 1. The molecule has 1 aromatic heterocycles. The zero-order valence-electron chi connectivity index (χ0n) is 10.3. The molecule has 0 aromatic carbocycles. The van der Waals surface area contributed by atoms with Gasteiger partial charge in [-0.1, -0.05) is 13.8 Å². The Bertz CT molecular complexity index is 470. The minimum Gasteiger partial charge on any atom is -0.367 e. The van der Waals surface area contributed by atoms with E-state index in [9.17, 15) is 4.79 Å². The van der Waals surface area contributed by atoms with Crippen molar-refractivity contribution >= 4 is 22.6 Å². The van der Waals surface area contributed by atoms with Crippen LogP contribution >= 0.6 is 22.6 Å². The fraction of sp³-hybridized carbons (Fsp3) is 0.667. The zero-order chi connectivity index (χ0) is 12.6. The highest BCUT2D eigenvalue weighted by Crippen LogP contribution is 2.30. The number of aromatic amines is 1. The Morgan fingerprint density at radius 3 is 2.71 bits per heavy atom. The SMILES string of the molecule is CC1CCC(c2nc(C(C)C)c(I)c(=O)[nH]2)O1. The molecule has 2 atom stereocenters. The monoisotopic (exact) mass is 348 g/mol. The summed E-state index contributed by atoms with van der Waals surface area (Å²) < 4.78 is 6.43. The summed E-state index contributed by atoms with van der Waals surface area (Å²) in [5.74, 6) is 0.935. The first-order chi connectivity index (χ1) is 7.99. The molecule has 1 N–H and O–H groups in total. The summed E-state index contributed by atoms with van der Waals surface area (Å²) in [5.41, 5.74) is 0.815. The highest BCUT2D eigenvalue weighted by molar-refractivity contribution is 14.1. The highest BCUT2D eigenvalue weighted by Gasteiger charge is 2.26. The van der Waals surface area contributed by atoms with Gasteiger partial charge in [-0.2, -0.15) is 0 Å². The van der Waals surface area contributed by atoms with Crippen LogP contribution in [0.2, 0.25) is 0 Å². The van der Waals surface area contributed by atoms with E-state index in [0.717, 1.165) is 18.5 Å². The predicted molar refractivity (Wildman–Crippen MR) is 74.2 cm³/mol. The maximum atomic E-state index is 11.8. The molecule has 0 bridgehead atoms.